The van der Waals surface area contributed by atoms with Crippen molar-refractivity contribution in [3.05, 3.63) is 284 Å². The highest BCUT2D eigenvalue weighted by molar-refractivity contribution is 7.00. The van der Waals surface area contributed by atoms with Crippen molar-refractivity contribution < 1.29 is 34.6 Å². The summed E-state index contributed by atoms with van der Waals surface area (Å²) in [5.74, 6) is 0. The molecule has 0 spiro atoms. The maximum absolute atomic E-state index is 11.5. The molecule has 5 nitrogen and oxygen atoms in total. The van der Waals surface area contributed by atoms with Crippen LogP contribution in [0.25, 0.3) is 121 Å². The molecule has 16 aromatic rings. The Hall–Kier alpha value is -11.1. The zero-order chi connectivity index (χ0) is 77.2. The smallest absolute Gasteiger partial charge is 0.252 e. The van der Waals surface area contributed by atoms with Crippen LogP contribution in [0, 0.1) is 0 Å². The number of fused-ring (bicyclic) bond motifs is 21. The van der Waals surface area contributed by atoms with Gasteiger partial charge in [-0.05, 0) is 134 Å². The van der Waals surface area contributed by atoms with Crippen molar-refractivity contribution in [1.82, 2.24) is 9.13 Å². The first-order valence-corrected chi connectivity index (χ1v) is 28.9. The van der Waals surface area contributed by atoms with Gasteiger partial charge in [-0.25, -0.2) is 0 Å². The summed E-state index contributed by atoms with van der Waals surface area (Å²) in [6.45, 7) is 3.97. The third-order valence-corrected chi connectivity index (χ3v) is 17.6. The van der Waals surface area contributed by atoms with Gasteiger partial charge in [0.25, 0.3) is 6.71 Å². The average Bonchev–Trinajstić information content (AvgIpc) is 0.745. The fourth-order valence-corrected chi connectivity index (χ4v) is 13.9. The van der Waals surface area contributed by atoms with Gasteiger partial charge in [0.15, 0.2) is 0 Å². The Kier molecular flexibility index (Phi) is 6.72. The summed E-state index contributed by atoms with van der Waals surface area (Å²) >= 11 is 0. The number of hydrogen-bond donors (Lipinski definition) is 0. The van der Waals surface area contributed by atoms with E-state index in [4.69, 9.17) is 12.6 Å². The Balaban J connectivity index is 1.11. The van der Waals surface area contributed by atoms with Crippen LogP contribution in [0.3, 0.4) is 0 Å². The third-order valence-electron chi connectivity index (χ3n) is 17.6. The van der Waals surface area contributed by atoms with Crippen molar-refractivity contribution in [2.24, 2.45) is 0 Å². The van der Waals surface area contributed by atoms with E-state index in [-0.39, 0.29) is 117 Å². The second-order valence-electron chi connectivity index (χ2n) is 23.4. The molecule has 88 heavy (non-hydrogen) atoms. The maximum atomic E-state index is 11.5. The predicted octanol–water partition coefficient (Wildman–Crippen LogP) is 20.1. The molecule has 0 amide bonds. The van der Waals surface area contributed by atoms with Gasteiger partial charge in [0.1, 0.15) is 11.2 Å². The summed E-state index contributed by atoms with van der Waals surface area (Å²) in [4.78, 5) is 3.62. The van der Waals surface area contributed by atoms with Crippen LogP contribution in [0.1, 0.15) is 56.5 Å². The van der Waals surface area contributed by atoms with Crippen LogP contribution < -0.4 is 26.2 Å². The minimum Gasteiger partial charge on any atom is -0.456 e. The summed E-state index contributed by atoms with van der Waals surface area (Å²) in [6.07, 6.45) is 0. The lowest BCUT2D eigenvalue weighted by Gasteiger charge is -2.47. The zero-order valence-corrected chi connectivity index (χ0v) is 47.1. The van der Waals surface area contributed by atoms with Crippen LogP contribution in [0.5, 0.6) is 0 Å². The Labute approximate surface area is 540 Å². The second kappa shape index (κ2) is 18.2. The monoisotopic (exact) mass is 1140 g/mol. The van der Waals surface area contributed by atoms with E-state index in [0.29, 0.717) is 72.3 Å². The largest absolute Gasteiger partial charge is 0.456 e. The minimum absolute atomic E-state index is 0.00208. The van der Waals surface area contributed by atoms with Gasteiger partial charge in [0, 0.05) is 66.4 Å². The molecule has 13 aromatic carbocycles. The molecular formula is C82H55BN4O. The molecule has 0 fully saturated rings. The number of nitrogens with zero attached hydrogens (tertiary/aromatic N) is 4. The molecule has 19 rings (SSSR count). The van der Waals surface area contributed by atoms with Crippen molar-refractivity contribution in [2.75, 3.05) is 9.80 Å². The van der Waals surface area contributed by atoms with Crippen molar-refractivity contribution in [1.29, 1.82) is 0 Å². The van der Waals surface area contributed by atoms with E-state index in [9.17, 15) is 21.9 Å². The first-order chi connectivity index (χ1) is 52.5. The van der Waals surface area contributed by atoms with Crippen LogP contribution in [-0.2, 0) is 5.41 Å². The fourth-order valence-electron chi connectivity index (χ4n) is 13.9. The molecule has 0 saturated heterocycles. The normalized spacial score (nSPS) is 16.6. The molecule has 6 heteroatoms. The standard InChI is InChI=1S/C82H55BN4O/c1-82(2,3)53-47-73-79-74(48-53)87-80-56(50-22-5-4-6-23-50)33-20-34-62(80)57-27-8-7-26-55(57)51-24-19-25-52(46-51)77-71(85-68-37-16-11-30-60(68)61-31-12-17-38-69(61)85)45-44-65(81(77)87)83(79)64-43-42-54(84-66-35-14-9-28-58(66)59-29-10-15-36-67(59)84)49-72(64)86(73)70-39-21-41-76-78(70)63-32-13-18-40-75(63)88-76/h4-49H,1-3H3/i9D,10D,11D,12D,14D,15D,16D,17D,28D,29D,30D,31D,35D,36D,37D,38D,42D,43D,44D,45D,47D,48D. The highest BCUT2D eigenvalue weighted by Gasteiger charge is 2.47. The number of aromatic nitrogens is 2. The van der Waals surface area contributed by atoms with Gasteiger partial charge >= 0.3 is 0 Å². The summed E-state index contributed by atoms with van der Waals surface area (Å²) < 4.78 is 227. The lowest BCUT2D eigenvalue weighted by Crippen LogP contribution is -2.61. The van der Waals surface area contributed by atoms with Crippen LogP contribution >= 0.6 is 0 Å². The summed E-state index contributed by atoms with van der Waals surface area (Å²) in [5, 5.41) is -0.125. The molecule has 3 aliphatic rings. The molecular weight excluding hydrogens is 1070 g/mol. The second-order valence-corrected chi connectivity index (χ2v) is 23.4. The predicted molar refractivity (Wildman–Crippen MR) is 370 cm³/mol. The van der Waals surface area contributed by atoms with Gasteiger partial charge < -0.3 is 23.4 Å². The number of hydrogen-bond acceptors (Lipinski definition) is 3. The van der Waals surface area contributed by atoms with E-state index in [2.05, 4.69) is 0 Å². The Morgan fingerprint density at radius 1 is 0.386 bits per heavy atom. The van der Waals surface area contributed by atoms with Crippen molar-refractivity contribution >= 4 is 123 Å². The van der Waals surface area contributed by atoms with E-state index in [1.807, 2.05) is 129 Å². The lowest BCUT2D eigenvalue weighted by molar-refractivity contribution is 0.590. The third kappa shape index (κ3) is 6.83. The summed E-state index contributed by atoms with van der Waals surface area (Å²) in [5.41, 5.74) is 2.88. The first-order valence-electron chi connectivity index (χ1n) is 39.9. The number of anilines is 6. The Morgan fingerprint density at radius 2 is 0.943 bits per heavy atom. The van der Waals surface area contributed by atoms with Crippen molar-refractivity contribution in [3.63, 3.8) is 0 Å². The Bertz CT molecular complexity index is 6870. The minimum atomic E-state index is -1.64. The van der Waals surface area contributed by atoms with Gasteiger partial charge in [-0.15, -0.1) is 0 Å². The lowest BCUT2D eigenvalue weighted by atomic mass is 9.33. The molecule has 2 bridgehead atoms. The summed E-state index contributed by atoms with van der Waals surface area (Å²) in [7, 11) is 0. The maximum Gasteiger partial charge on any atom is 0.252 e. The SMILES string of the molecule is [2H]c1c(-n2c3c([2H])c([2H])c([2H])c([2H])c3c3c([2H])c([2H])c([2H])c([2H])c32)cc2c(c1[2H])B1c3c(c([2H])c(C(C)(C)C)c([2H])c3N2c2cccc3oc4ccccc4c23)N2c3c(-c4ccccc4)cccc3-c3ccccc3-c3cccc(c3)-c3c2c1c([2H])c([2H])c3-n1c2c([2H])c([2H])c([2H])c([2H])c2c2c([2H])c([2H])c([2H])c([2H])c21. The van der Waals surface area contributed by atoms with E-state index in [1.54, 1.807) is 41.3 Å². The van der Waals surface area contributed by atoms with Crippen LogP contribution in [0.2, 0.25) is 0 Å². The van der Waals surface area contributed by atoms with Crippen molar-refractivity contribution in [2.45, 2.75) is 26.2 Å². The quantitative estimate of drug-likeness (QED) is 0.165. The highest BCUT2D eigenvalue weighted by Crippen LogP contribution is 2.57. The molecule has 0 unspecified atom stereocenters. The van der Waals surface area contributed by atoms with Gasteiger partial charge in [0.05, 0.1) is 80.4 Å². The Morgan fingerprint density at radius 3 is 1.66 bits per heavy atom. The topological polar surface area (TPSA) is 29.5 Å². The molecule has 0 aliphatic carbocycles. The molecule has 0 saturated carbocycles. The molecule has 3 aromatic heterocycles. The van der Waals surface area contributed by atoms with E-state index < -0.39 is 133 Å². The molecule has 0 atom stereocenters. The molecule has 3 aliphatic heterocycles. The van der Waals surface area contributed by atoms with E-state index in [1.165, 1.54) is 15.2 Å². The highest BCUT2D eigenvalue weighted by atomic mass is 16.3. The van der Waals surface area contributed by atoms with Gasteiger partial charge in [-0.1, -0.05) is 221 Å². The van der Waals surface area contributed by atoms with Gasteiger partial charge in [-0.3, -0.25) is 0 Å². The zero-order valence-electron chi connectivity index (χ0n) is 69.1. The number of furan rings is 1. The average molecular weight is 1150 g/mol. The van der Waals surface area contributed by atoms with Crippen molar-refractivity contribution in [3.8, 4) is 55.9 Å². The van der Waals surface area contributed by atoms with Gasteiger partial charge in [-0.2, -0.15) is 0 Å². The number of rotatable bonds is 4. The number of para-hydroxylation sites is 6. The molecule has 412 valence electrons. The summed E-state index contributed by atoms with van der Waals surface area (Å²) in [6, 6.07) is 30.3. The van der Waals surface area contributed by atoms with Crippen LogP contribution in [0.4, 0.5) is 34.1 Å². The van der Waals surface area contributed by atoms with E-state index >= 15 is 0 Å². The first kappa shape index (κ1) is 32.4. The van der Waals surface area contributed by atoms with E-state index in [0.717, 1.165) is 0 Å². The van der Waals surface area contributed by atoms with Gasteiger partial charge in [0.2, 0.25) is 0 Å². The van der Waals surface area contributed by atoms with Crippen LogP contribution in [-0.4, -0.2) is 15.8 Å². The molecule has 6 heterocycles. The molecule has 0 N–H and O–H groups in total. The fraction of sp³-hybridized carbons (Fsp3) is 0.0488. The van der Waals surface area contributed by atoms with Crippen LogP contribution in [0.15, 0.2) is 283 Å². The number of benzene rings is 13. The molecule has 0 radical (unpaired) electrons.